The van der Waals surface area contributed by atoms with Crippen LogP contribution >= 0.6 is 0 Å². The van der Waals surface area contributed by atoms with E-state index in [9.17, 15) is 0 Å². The Labute approximate surface area is 196 Å². The minimum Gasteiger partial charge on any atom is -0.378 e. The van der Waals surface area contributed by atoms with Crippen LogP contribution < -0.4 is 10.6 Å². The number of nitrogens with two attached hydrogens (primary N) is 1. The van der Waals surface area contributed by atoms with Crippen LogP contribution in [0.2, 0.25) is 0 Å². The molecule has 0 aromatic carbocycles. The second-order valence-electron chi connectivity index (χ2n) is 11.0. The van der Waals surface area contributed by atoms with E-state index in [1.807, 2.05) is 0 Å². The third-order valence-electron chi connectivity index (χ3n) is 8.25. The normalized spacial score (nSPS) is 34.2. The summed E-state index contributed by atoms with van der Waals surface area (Å²) in [4.78, 5) is 2.58. The molecule has 3 N–H and O–H groups in total. The van der Waals surface area contributed by atoms with Gasteiger partial charge >= 0.3 is 0 Å². The lowest BCUT2D eigenvalue weighted by Gasteiger charge is -2.38. The van der Waals surface area contributed by atoms with Gasteiger partial charge in [-0.25, -0.2) is 0 Å². The lowest BCUT2D eigenvalue weighted by atomic mass is 9.94. The number of quaternary nitrogens is 1. The Morgan fingerprint density at radius 3 is 2.12 bits per heavy atom. The van der Waals surface area contributed by atoms with E-state index in [2.05, 4.69) is 29.4 Å². The number of hydrogen-bond donors (Lipinski definition) is 2. The van der Waals surface area contributed by atoms with E-state index in [1.54, 1.807) is 0 Å². The Kier molecular flexibility index (Phi) is 10.1. The van der Waals surface area contributed by atoms with Crippen LogP contribution in [0.1, 0.15) is 84.5 Å². The quantitative estimate of drug-likeness (QED) is 0.563. The number of hydrogen-bond acceptors (Lipinski definition) is 5. The van der Waals surface area contributed by atoms with Crippen LogP contribution in [0.5, 0.6) is 0 Å². The molecule has 32 heavy (non-hydrogen) atoms. The van der Waals surface area contributed by atoms with Crippen molar-refractivity contribution in [1.82, 2.24) is 10.2 Å². The fraction of sp³-hybridized carbons (Fsp3) is 1.00. The van der Waals surface area contributed by atoms with Gasteiger partial charge in [0, 0.05) is 44.6 Å². The number of nitrogens with zero attached hydrogens (tertiary/aromatic N) is 1. The first-order valence-electron chi connectivity index (χ1n) is 13.9. The molecule has 4 fully saturated rings. The minimum atomic E-state index is 0.432. The average molecular weight is 453 g/mol. The first kappa shape index (κ1) is 24.9. The molecule has 6 heteroatoms. The van der Waals surface area contributed by atoms with Crippen molar-refractivity contribution in [3.05, 3.63) is 0 Å². The van der Waals surface area contributed by atoms with Gasteiger partial charge in [-0.3, -0.25) is 0 Å². The first-order chi connectivity index (χ1) is 15.7. The maximum Gasteiger partial charge on any atom is 0.0780 e. The molecule has 3 heterocycles. The minimum absolute atomic E-state index is 0.432. The molecule has 2 atom stereocenters. The summed E-state index contributed by atoms with van der Waals surface area (Å²) in [7, 11) is 0. The van der Waals surface area contributed by atoms with Gasteiger partial charge in [-0.05, 0) is 78.2 Å². The van der Waals surface area contributed by atoms with Crippen LogP contribution in [0.15, 0.2) is 0 Å². The van der Waals surface area contributed by atoms with Crippen molar-refractivity contribution in [3.63, 3.8) is 0 Å². The summed E-state index contributed by atoms with van der Waals surface area (Å²) < 4.78 is 19.2. The van der Waals surface area contributed by atoms with Gasteiger partial charge in [-0.1, -0.05) is 0 Å². The summed E-state index contributed by atoms with van der Waals surface area (Å²) in [6.07, 6.45) is 15.3. The molecule has 3 saturated heterocycles. The van der Waals surface area contributed by atoms with Crippen molar-refractivity contribution in [2.45, 2.75) is 127 Å². The highest BCUT2D eigenvalue weighted by molar-refractivity contribution is 4.82. The predicted octanol–water partition coefficient (Wildman–Crippen LogP) is 2.46. The maximum absolute atomic E-state index is 6.54. The van der Waals surface area contributed by atoms with Crippen molar-refractivity contribution >= 4 is 0 Å². The Morgan fingerprint density at radius 1 is 0.781 bits per heavy atom. The molecule has 186 valence electrons. The molecule has 0 radical (unpaired) electrons. The average Bonchev–Trinajstić information content (AvgIpc) is 2.82. The molecule has 4 aliphatic rings. The summed E-state index contributed by atoms with van der Waals surface area (Å²) in [5.74, 6) is 0. The zero-order valence-electron chi connectivity index (χ0n) is 20.8. The lowest BCUT2D eigenvalue weighted by molar-refractivity contribution is -0.665. The zero-order valence-corrected chi connectivity index (χ0v) is 20.8. The summed E-state index contributed by atoms with van der Waals surface area (Å²) in [6, 6.07) is 1.21. The van der Waals surface area contributed by atoms with Gasteiger partial charge in [0.15, 0.2) is 0 Å². The molecular weight excluding hydrogens is 402 g/mol. The Hall–Kier alpha value is -0.240. The molecule has 1 saturated carbocycles. The van der Waals surface area contributed by atoms with Crippen LogP contribution in [0.3, 0.4) is 0 Å². The van der Waals surface area contributed by atoms with Crippen molar-refractivity contribution in [2.75, 3.05) is 39.3 Å². The van der Waals surface area contributed by atoms with Crippen molar-refractivity contribution in [1.29, 1.82) is 0 Å². The van der Waals surface area contributed by atoms with Crippen molar-refractivity contribution in [2.24, 2.45) is 0 Å². The van der Waals surface area contributed by atoms with Gasteiger partial charge in [-0.15, -0.1) is 0 Å². The van der Waals surface area contributed by atoms with E-state index in [4.69, 9.17) is 14.2 Å². The molecule has 0 amide bonds. The SMILES string of the molecule is CC(C)N1CCC(OC2CCN[C@H](CCOC3CCC(OC4CC[NH2+]CC4)CC3)C2)CC1. The number of piperidine rings is 3. The number of rotatable bonds is 9. The molecule has 0 aromatic rings. The molecule has 0 bridgehead atoms. The van der Waals surface area contributed by atoms with Crippen LogP contribution in [-0.4, -0.2) is 86.8 Å². The van der Waals surface area contributed by atoms with Gasteiger partial charge < -0.3 is 29.7 Å². The summed E-state index contributed by atoms with van der Waals surface area (Å²) in [5.41, 5.74) is 0. The van der Waals surface area contributed by atoms with Crippen molar-refractivity contribution in [3.8, 4) is 0 Å². The van der Waals surface area contributed by atoms with Crippen LogP contribution in [0.25, 0.3) is 0 Å². The van der Waals surface area contributed by atoms with Gasteiger partial charge in [0.2, 0.25) is 0 Å². The Bertz CT molecular complexity index is 512. The third kappa shape index (κ3) is 7.92. The van der Waals surface area contributed by atoms with E-state index >= 15 is 0 Å². The zero-order chi connectivity index (χ0) is 22.2. The van der Waals surface area contributed by atoms with Crippen LogP contribution in [0.4, 0.5) is 0 Å². The number of likely N-dealkylation sites (tertiary alicyclic amines) is 1. The maximum atomic E-state index is 6.54. The van der Waals surface area contributed by atoms with Crippen molar-refractivity contribution < 1.29 is 19.5 Å². The molecule has 3 aliphatic heterocycles. The topological polar surface area (TPSA) is 59.6 Å². The summed E-state index contributed by atoms with van der Waals surface area (Å²) in [5, 5.41) is 6.12. The second-order valence-corrected chi connectivity index (χ2v) is 11.0. The highest BCUT2D eigenvalue weighted by atomic mass is 16.5. The molecule has 0 aromatic heterocycles. The largest absolute Gasteiger partial charge is 0.378 e. The summed E-state index contributed by atoms with van der Waals surface area (Å²) in [6.45, 7) is 11.4. The molecule has 1 unspecified atom stereocenters. The van der Waals surface area contributed by atoms with E-state index in [-0.39, 0.29) is 0 Å². The van der Waals surface area contributed by atoms with E-state index in [1.165, 1.54) is 77.5 Å². The lowest BCUT2D eigenvalue weighted by Crippen LogP contribution is -2.86. The molecule has 4 rings (SSSR count). The second kappa shape index (κ2) is 13.0. The predicted molar refractivity (Wildman–Crippen MR) is 128 cm³/mol. The van der Waals surface area contributed by atoms with Gasteiger partial charge in [0.25, 0.3) is 0 Å². The highest BCUT2D eigenvalue weighted by Gasteiger charge is 2.29. The fourth-order valence-electron chi connectivity index (χ4n) is 6.13. The monoisotopic (exact) mass is 452 g/mol. The number of ether oxygens (including phenoxy) is 3. The molecule has 6 nitrogen and oxygen atoms in total. The van der Waals surface area contributed by atoms with E-state index in [0.29, 0.717) is 42.6 Å². The Morgan fingerprint density at radius 2 is 1.41 bits per heavy atom. The molecular formula is C26H50N3O3+. The smallest absolute Gasteiger partial charge is 0.0780 e. The van der Waals surface area contributed by atoms with Gasteiger partial charge in [0.1, 0.15) is 0 Å². The van der Waals surface area contributed by atoms with Gasteiger partial charge in [0.05, 0.1) is 43.6 Å². The Balaban J connectivity index is 1.06. The molecule has 1 aliphatic carbocycles. The van der Waals surface area contributed by atoms with Crippen LogP contribution in [0, 0.1) is 0 Å². The first-order valence-corrected chi connectivity index (χ1v) is 13.9. The van der Waals surface area contributed by atoms with E-state index in [0.717, 1.165) is 32.4 Å². The van der Waals surface area contributed by atoms with Crippen LogP contribution in [-0.2, 0) is 14.2 Å². The van der Waals surface area contributed by atoms with E-state index < -0.39 is 0 Å². The highest BCUT2D eigenvalue weighted by Crippen LogP contribution is 2.27. The number of nitrogens with one attached hydrogen (secondary N) is 1. The van der Waals surface area contributed by atoms with Gasteiger partial charge in [-0.2, -0.15) is 0 Å². The third-order valence-corrected chi connectivity index (χ3v) is 8.25. The molecule has 0 spiro atoms. The fourth-order valence-corrected chi connectivity index (χ4v) is 6.13. The summed E-state index contributed by atoms with van der Waals surface area (Å²) >= 11 is 0. The standard InChI is InChI=1S/C26H49N3O3/c1-20(2)29-16-10-25(11-17-29)32-26-9-15-28-21(19-26)12-18-30-22-3-5-23(6-4-22)31-24-7-13-27-14-8-24/h20-28H,3-19H2,1-2H3/p+1/t21-,22?,23?,26?/m1/s1.